The number of nitrogens with zero attached hydrogens (tertiary/aromatic N) is 4. The normalized spacial score (nSPS) is 14.9. The molecular weight excluding hydrogens is 479 g/mol. The lowest BCUT2D eigenvalue weighted by Crippen LogP contribution is -2.20. The van der Waals surface area contributed by atoms with Crippen molar-refractivity contribution in [1.29, 1.82) is 0 Å². The number of hydrogen-bond acceptors (Lipinski definition) is 5. The van der Waals surface area contributed by atoms with Gasteiger partial charge in [-0.25, -0.2) is 14.4 Å². The van der Waals surface area contributed by atoms with Crippen LogP contribution in [0.15, 0.2) is 48.4 Å². The lowest BCUT2D eigenvalue weighted by atomic mass is 10.0. The van der Waals surface area contributed by atoms with Crippen LogP contribution in [0, 0.1) is 6.92 Å². The van der Waals surface area contributed by atoms with Gasteiger partial charge >= 0.3 is 0 Å². The minimum absolute atomic E-state index is 0.115. The molecule has 2 atom stereocenters. The lowest BCUT2D eigenvalue weighted by Gasteiger charge is -2.18. The first-order chi connectivity index (χ1) is 18.3. The number of benzene rings is 1. The maximum atomic E-state index is 11.7. The van der Waals surface area contributed by atoms with E-state index in [2.05, 4.69) is 84.3 Å². The molecule has 0 radical (unpaired) electrons. The molecule has 2 aromatic heterocycles. The van der Waals surface area contributed by atoms with Crippen molar-refractivity contribution in [2.24, 2.45) is 0 Å². The summed E-state index contributed by atoms with van der Waals surface area (Å²) < 4.78 is 11.7. The molecule has 0 aliphatic carbocycles. The smallest absolute Gasteiger partial charge is 0.207 e. The van der Waals surface area contributed by atoms with Crippen molar-refractivity contribution < 1.29 is 9.18 Å². The van der Waals surface area contributed by atoms with Gasteiger partial charge in [0.2, 0.25) is 6.41 Å². The molecule has 7 nitrogen and oxygen atoms in total. The Bertz CT molecular complexity index is 1120. The minimum atomic E-state index is -0.940. The number of carbonyl (C=O) groups excluding carboxylic acids is 1. The van der Waals surface area contributed by atoms with Gasteiger partial charge in [-0.3, -0.25) is 9.89 Å². The van der Waals surface area contributed by atoms with Crippen LogP contribution < -0.4 is 10.2 Å². The van der Waals surface area contributed by atoms with E-state index in [1.807, 2.05) is 24.7 Å². The molecule has 2 N–H and O–H groups in total. The van der Waals surface area contributed by atoms with Crippen molar-refractivity contribution in [1.82, 2.24) is 25.5 Å². The summed E-state index contributed by atoms with van der Waals surface area (Å²) in [5, 5.41) is 9.19. The molecule has 0 saturated carbocycles. The third kappa shape index (κ3) is 10.1. The number of rotatable bonds is 8. The van der Waals surface area contributed by atoms with E-state index in [0.717, 1.165) is 36.7 Å². The molecule has 0 bridgehead atoms. The average Bonchev–Trinajstić information content (AvgIpc) is 3.62. The summed E-state index contributed by atoms with van der Waals surface area (Å²) in [5.41, 5.74) is 6.12. The molecule has 206 valence electrons. The van der Waals surface area contributed by atoms with Crippen molar-refractivity contribution in [3.8, 4) is 11.4 Å². The predicted molar refractivity (Wildman–Crippen MR) is 155 cm³/mol. The third-order valence-corrected chi connectivity index (χ3v) is 6.10. The first kappa shape index (κ1) is 30.7. The van der Waals surface area contributed by atoms with E-state index >= 15 is 0 Å². The number of alkyl halides is 1. The molecule has 1 saturated heterocycles. The van der Waals surface area contributed by atoms with E-state index in [9.17, 15) is 9.18 Å². The number of amides is 1. The molecule has 3 heterocycles. The van der Waals surface area contributed by atoms with Crippen LogP contribution in [-0.4, -0.2) is 52.4 Å². The highest BCUT2D eigenvalue weighted by molar-refractivity contribution is 5.64. The number of hydrogen-bond donors (Lipinski definition) is 2. The van der Waals surface area contributed by atoms with Gasteiger partial charge < -0.3 is 10.2 Å². The monoisotopic (exact) mass is 522 g/mol. The number of nitrogens with one attached hydrogen (secondary N) is 2. The summed E-state index contributed by atoms with van der Waals surface area (Å²) in [6.07, 6.45) is 11.3. The number of aryl methyl sites for hydroxylation is 1. The van der Waals surface area contributed by atoms with Gasteiger partial charge in [0.1, 0.15) is 12.0 Å². The Morgan fingerprint density at radius 1 is 1.26 bits per heavy atom. The highest BCUT2D eigenvalue weighted by atomic mass is 19.1. The second kappa shape index (κ2) is 16.3. The maximum absolute atomic E-state index is 11.7. The molecule has 1 aliphatic rings. The molecule has 8 heteroatoms. The van der Waals surface area contributed by atoms with Gasteiger partial charge in [-0.2, -0.15) is 5.10 Å². The highest BCUT2D eigenvalue weighted by Gasteiger charge is 2.25. The number of aromatic amines is 1. The lowest BCUT2D eigenvalue weighted by molar-refractivity contribution is -0.109. The predicted octanol–water partition coefficient (Wildman–Crippen LogP) is 6.49. The number of unbranched alkanes of at least 4 members (excludes halogenated alkanes) is 1. The van der Waals surface area contributed by atoms with Gasteiger partial charge in [0.15, 0.2) is 5.82 Å². The van der Waals surface area contributed by atoms with Crippen LogP contribution in [0.25, 0.3) is 17.5 Å². The van der Waals surface area contributed by atoms with Crippen molar-refractivity contribution in [3.63, 3.8) is 0 Å². The van der Waals surface area contributed by atoms with Crippen LogP contribution in [0.1, 0.15) is 76.5 Å². The molecule has 1 fully saturated rings. The topological polar surface area (TPSA) is 86.8 Å². The van der Waals surface area contributed by atoms with Gasteiger partial charge in [0.05, 0.1) is 6.20 Å². The first-order valence-electron chi connectivity index (χ1n) is 13.4. The fourth-order valence-corrected chi connectivity index (χ4v) is 3.89. The summed E-state index contributed by atoms with van der Waals surface area (Å²) in [4.78, 5) is 21.1. The summed E-state index contributed by atoms with van der Waals surface area (Å²) in [7, 11) is 0. The average molecular weight is 523 g/mol. The van der Waals surface area contributed by atoms with Gasteiger partial charge in [-0.15, -0.1) is 0 Å². The summed E-state index contributed by atoms with van der Waals surface area (Å²) in [6, 6.07) is 8.44. The third-order valence-electron chi connectivity index (χ3n) is 6.10. The number of allylic oxidation sites excluding steroid dienone is 1. The zero-order chi connectivity index (χ0) is 27.9. The van der Waals surface area contributed by atoms with E-state index in [1.54, 1.807) is 0 Å². The van der Waals surface area contributed by atoms with Crippen LogP contribution in [0.2, 0.25) is 0 Å². The fraction of sp³-hybridized carbons (Fsp3) is 0.467. The van der Waals surface area contributed by atoms with Crippen molar-refractivity contribution in [2.45, 2.75) is 72.9 Å². The van der Waals surface area contributed by atoms with Crippen molar-refractivity contribution in [2.75, 3.05) is 24.5 Å². The number of carbonyl (C=O) groups is 1. The van der Waals surface area contributed by atoms with Crippen molar-refractivity contribution >= 4 is 18.3 Å². The van der Waals surface area contributed by atoms with Crippen LogP contribution in [0.5, 0.6) is 0 Å². The Kier molecular flexibility index (Phi) is 13.2. The van der Waals surface area contributed by atoms with E-state index in [-0.39, 0.29) is 6.54 Å². The quantitative estimate of drug-likeness (QED) is 0.330. The second-order valence-corrected chi connectivity index (χ2v) is 9.80. The van der Waals surface area contributed by atoms with Crippen LogP contribution in [0.4, 0.5) is 10.2 Å². The van der Waals surface area contributed by atoms with Gasteiger partial charge in [0, 0.05) is 43.5 Å². The molecule has 0 spiro atoms. The molecule has 3 aromatic rings. The van der Waals surface area contributed by atoms with Crippen LogP contribution in [0.3, 0.4) is 0 Å². The molecular formula is C30H43FN6O. The standard InChI is InChI=1S/C22H25N5.C4H8FNO.C4H10/c1-15(2)10-17-4-5-18(11-16(17)3)22-23-8-6-21(26-22)27-9-7-19(14-27)20-12-24-25-13-20;1-4(5)2-6-3-7;1-3-4-2/h4-6,8,10-13,19H,7,9,14H2,1-3H3,(H,24,25);3-4H,2H2,1H3,(H,6,7);3-4H2,1-2H3. The zero-order valence-corrected chi connectivity index (χ0v) is 23.7. The second-order valence-electron chi connectivity index (χ2n) is 9.80. The van der Waals surface area contributed by atoms with Gasteiger partial charge in [0.25, 0.3) is 0 Å². The molecule has 1 aliphatic heterocycles. The van der Waals surface area contributed by atoms with Gasteiger partial charge in [-0.05, 0) is 62.9 Å². The molecule has 1 aromatic carbocycles. The Morgan fingerprint density at radius 2 is 2.03 bits per heavy atom. The van der Waals surface area contributed by atoms with E-state index in [4.69, 9.17) is 4.98 Å². The fourth-order valence-electron chi connectivity index (χ4n) is 3.89. The number of anilines is 1. The molecule has 2 unspecified atom stereocenters. The Hall–Kier alpha value is -3.55. The number of aromatic nitrogens is 4. The first-order valence-corrected chi connectivity index (χ1v) is 13.4. The Labute approximate surface area is 227 Å². The Morgan fingerprint density at radius 3 is 2.58 bits per heavy atom. The van der Waals surface area contributed by atoms with Crippen LogP contribution >= 0.6 is 0 Å². The Balaban J connectivity index is 0.000000391. The number of halogens is 1. The SMILES string of the molecule is CC(C)=Cc1ccc(-c2nccc(N3CCC(c4cn[nH]c4)C3)n2)cc1C.CC(F)CNC=O.CCCC. The van der Waals surface area contributed by atoms with E-state index < -0.39 is 6.17 Å². The minimum Gasteiger partial charge on any atom is -0.356 e. The van der Waals surface area contributed by atoms with Gasteiger partial charge in [-0.1, -0.05) is 50.5 Å². The molecule has 38 heavy (non-hydrogen) atoms. The summed E-state index contributed by atoms with van der Waals surface area (Å²) in [5.74, 6) is 2.29. The zero-order valence-electron chi connectivity index (χ0n) is 23.7. The van der Waals surface area contributed by atoms with E-state index in [0.29, 0.717) is 12.3 Å². The number of H-pyrrole nitrogens is 1. The molecule has 4 rings (SSSR count). The van der Waals surface area contributed by atoms with Crippen LogP contribution in [-0.2, 0) is 4.79 Å². The summed E-state index contributed by atoms with van der Waals surface area (Å²) >= 11 is 0. The summed E-state index contributed by atoms with van der Waals surface area (Å²) in [6.45, 7) is 14.2. The van der Waals surface area contributed by atoms with E-state index in [1.165, 1.54) is 42.0 Å². The maximum Gasteiger partial charge on any atom is 0.207 e. The largest absolute Gasteiger partial charge is 0.356 e. The molecule has 1 amide bonds. The highest BCUT2D eigenvalue weighted by Crippen LogP contribution is 2.30. The van der Waals surface area contributed by atoms with Crippen molar-refractivity contribution in [3.05, 3.63) is 65.1 Å².